The summed E-state index contributed by atoms with van der Waals surface area (Å²) in [6, 6.07) is 8.66. The van der Waals surface area contributed by atoms with E-state index in [0.29, 0.717) is 6.61 Å². The average Bonchev–Trinajstić information content (AvgIpc) is 2.76. The van der Waals surface area contributed by atoms with E-state index >= 15 is 0 Å². The monoisotopic (exact) mass is 229 g/mol. The summed E-state index contributed by atoms with van der Waals surface area (Å²) in [5.74, 6) is 0.944. The highest BCUT2D eigenvalue weighted by Gasteiger charge is 2.16. The van der Waals surface area contributed by atoms with Crippen LogP contribution in [-0.2, 0) is 12.8 Å². The summed E-state index contributed by atoms with van der Waals surface area (Å²) in [5.41, 5.74) is 2.60. The van der Waals surface area contributed by atoms with Gasteiger partial charge in [0.05, 0.1) is 18.1 Å². The lowest BCUT2D eigenvalue weighted by Crippen LogP contribution is -2.13. The minimum Gasteiger partial charge on any atom is -0.494 e. The first kappa shape index (κ1) is 12.0. The molecule has 1 aromatic carbocycles. The molecule has 0 bridgehead atoms. The second-order valence-electron chi connectivity index (χ2n) is 5.38. The zero-order valence-corrected chi connectivity index (χ0v) is 10.6. The summed E-state index contributed by atoms with van der Waals surface area (Å²) in [5, 5.41) is 8.91. The molecule has 1 aromatic rings. The molecule has 0 saturated carbocycles. The Balaban J connectivity index is 1.90. The lowest BCUT2D eigenvalue weighted by molar-refractivity contribution is 0.264. The minimum atomic E-state index is -0.295. The van der Waals surface area contributed by atoms with Gasteiger partial charge in [-0.25, -0.2) is 0 Å². The summed E-state index contributed by atoms with van der Waals surface area (Å²) in [6.07, 6.45) is 4.41. The molecule has 0 fully saturated rings. The molecule has 0 aromatic heterocycles. The van der Waals surface area contributed by atoms with Crippen LogP contribution in [0.1, 0.15) is 37.8 Å². The van der Waals surface area contributed by atoms with Crippen LogP contribution in [0.3, 0.4) is 0 Å². The van der Waals surface area contributed by atoms with Crippen molar-refractivity contribution < 1.29 is 4.74 Å². The second kappa shape index (κ2) is 4.79. The summed E-state index contributed by atoms with van der Waals surface area (Å²) in [6.45, 7) is 4.50. The highest BCUT2D eigenvalue weighted by molar-refractivity contribution is 5.38. The zero-order chi connectivity index (χ0) is 12.3. The third kappa shape index (κ3) is 3.00. The lowest BCUT2D eigenvalue weighted by atomic mass is 9.92. The maximum atomic E-state index is 8.91. The first-order chi connectivity index (χ1) is 8.11. The fourth-order valence-corrected chi connectivity index (χ4v) is 2.12. The molecule has 0 atom stereocenters. The Bertz CT molecular complexity index is 443. The van der Waals surface area contributed by atoms with Crippen LogP contribution in [0.4, 0.5) is 0 Å². The van der Waals surface area contributed by atoms with E-state index in [4.69, 9.17) is 10.00 Å². The number of rotatable bonds is 4. The van der Waals surface area contributed by atoms with Crippen LogP contribution in [0.5, 0.6) is 5.75 Å². The Morgan fingerprint density at radius 1 is 1.29 bits per heavy atom. The molecule has 0 spiro atoms. The van der Waals surface area contributed by atoms with E-state index in [-0.39, 0.29) is 5.41 Å². The van der Waals surface area contributed by atoms with Gasteiger partial charge in [-0.1, -0.05) is 6.07 Å². The van der Waals surface area contributed by atoms with Crippen LogP contribution < -0.4 is 4.74 Å². The van der Waals surface area contributed by atoms with Gasteiger partial charge in [0.2, 0.25) is 0 Å². The van der Waals surface area contributed by atoms with Gasteiger partial charge in [-0.05, 0) is 62.8 Å². The highest BCUT2D eigenvalue weighted by Crippen LogP contribution is 2.26. The van der Waals surface area contributed by atoms with E-state index in [1.54, 1.807) is 0 Å². The van der Waals surface area contributed by atoms with Crippen molar-refractivity contribution in [1.82, 2.24) is 0 Å². The van der Waals surface area contributed by atoms with Crippen LogP contribution in [0.15, 0.2) is 18.2 Å². The van der Waals surface area contributed by atoms with Crippen molar-refractivity contribution in [3.8, 4) is 11.8 Å². The van der Waals surface area contributed by atoms with E-state index < -0.39 is 0 Å². The van der Waals surface area contributed by atoms with Crippen molar-refractivity contribution in [1.29, 1.82) is 5.26 Å². The topological polar surface area (TPSA) is 33.0 Å². The summed E-state index contributed by atoms with van der Waals surface area (Å²) in [7, 11) is 0. The van der Waals surface area contributed by atoms with Gasteiger partial charge in [-0.3, -0.25) is 0 Å². The Kier molecular flexibility index (Phi) is 3.38. The number of fused-ring (bicyclic) bond motifs is 1. The van der Waals surface area contributed by atoms with Crippen LogP contribution in [-0.4, -0.2) is 6.61 Å². The number of nitrogens with zero attached hydrogens (tertiary/aromatic N) is 1. The first-order valence-electron chi connectivity index (χ1n) is 6.27. The molecule has 0 radical (unpaired) electrons. The first-order valence-corrected chi connectivity index (χ1v) is 6.27. The molecule has 0 saturated heterocycles. The maximum Gasteiger partial charge on any atom is 0.119 e. The molecular weight excluding hydrogens is 210 g/mol. The molecule has 17 heavy (non-hydrogen) atoms. The molecule has 0 heterocycles. The van der Waals surface area contributed by atoms with E-state index in [2.05, 4.69) is 18.2 Å². The molecule has 2 nitrogen and oxygen atoms in total. The second-order valence-corrected chi connectivity index (χ2v) is 5.38. The largest absolute Gasteiger partial charge is 0.494 e. The Hall–Kier alpha value is -1.49. The molecule has 0 unspecified atom stereocenters. The smallest absolute Gasteiger partial charge is 0.119 e. The molecule has 1 aliphatic carbocycles. The molecule has 90 valence electrons. The normalized spacial score (nSPS) is 14.2. The molecule has 0 N–H and O–H groups in total. The molecule has 2 rings (SSSR count). The van der Waals surface area contributed by atoms with Crippen LogP contribution in [0.25, 0.3) is 0 Å². The summed E-state index contributed by atoms with van der Waals surface area (Å²) >= 11 is 0. The number of hydrogen-bond acceptors (Lipinski definition) is 2. The fraction of sp³-hybridized carbons (Fsp3) is 0.533. The van der Waals surface area contributed by atoms with E-state index in [1.165, 1.54) is 30.4 Å². The van der Waals surface area contributed by atoms with Gasteiger partial charge < -0.3 is 4.74 Å². The lowest BCUT2D eigenvalue weighted by Gasteiger charge is -2.15. The predicted octanol–water partition coefficient (Wildman–Crippen LogP) is 3.49. The average molecular weight is 229 g/mol. The fourth-order valence-electron chi connectivity index (χ4n) is 2.12. The Morgan fingerprint density at radius 2 is 2.06 bits per heavy atom. The van der Waals surface area contributed by atoms with Crippen molar-refractivity contribution in [2.24, 2.45) is 5.41 Å². The third-order valence-corrected chi connectivity index (χ3v) is 3.37. The van der Waals surface area contributed by atoms with Gasteiger partial charge in [0.15, 0.2) is 0 Å². The minimum absolute atomic E-state index is 0.295. The number of aryl methyl sites for hydroxylation is 2. The number of hydrogen-bond donors (Lipinski definition) is 0. The van der Waals surface area contributed by atoms with Crippen LogP contribution in [0, 0.1) is 16.7 Å². The third-order valence-electron chi connectivity index (χ3n) is 3.37. The van der Waals surface area contributed by atoms with Crippen LogP contribution in [0.2, 0.25) is 0 Å². The van der Waals surface area contributed by atoms with Gasteiger partial charge in [0, 0.05) is 0 Å². The van der Waals surface area contributed by atoms with Crippen molar-refractivity contribution in [2.45, 2.75) is 39.5 Å². The molecule has 0 aliphatic heterocycles. The van der Waals surface area contributed by atoms with Crippen LogP contribution >= 0.6 is 0 Å². The quantitative estimate of drug-likeness (QED) is 0.791. The maximum absolute atomic E-state index is 8.91. The van der Waals surface area contributed by atoms with Crippen molar-refractivity contribution in [3.05, 3.63) is 29.3 Å². The summed E-state index contributed by atoms with van der Waals surface area (Å²) < 4.78 is 5.72. The van der Waals surface area contributed by atoms with Crippen molar-refractivity contribution >= 4 is 0 Å². The number of benzene rings is 1. The van der Waals surface area contributed by atoms with Gasteiger partial charge >= 0.3 is 0 Å². The molecule has 1 aliphatic rings. The Labute approximate surface area is 103 Å². The standard InChI is InChI=1S/C15H19NO/c1-15(2,11-16)8-9-17-14-7-6-12-4-3-5-13(12)10-14/h6-7,10H,3-5,8-9H2,1-2H3. The molecule has 0 amide bonds. The molecular formula is C15H19NO. The van der Waals surface area contributed by atoms with Crippen molar-refractivity contribution in [2.75, 3.05) is 6.61 Å². The van der Waals surface area contributed by atoms with Gasteiger partial charge in [0.1, 0.15) is 5.75 Å². The number of nitriles is 1. The van der Waals surface area contributed by atoms with Gasteiger partial charge in [0.25, 0.3) is 0 Å². The predicted molar refractivity (Wildman–Crippen MR) is 68.0 cm³/mol. The highest BCUT2D eigenvalue weighted by atomic mass is 16.5. The SMILES string of the molecule is CC(C)(C#N)CCOc1ccc2c(c1)CCC2. The number of ether oxygens (including phenoxy) is 1. The van der Waals surface area contributed by atoms with Gasteiger partial charge in [-0.2, -0.15) is 5.26 Å². The zero-order valence-electron chi connectivity index (χ0n) is 10.6. The summed E-state index contributed by atoms with van der Waals surface area (Å²) in [4.78, 5) is 0. The van der Waals surface area contributed by atoms with Gasteiger partial charge in [-0.15, -0.1) is 0 Å². The van der Waals surface area contributed by atoms with E-state index in [1.807, 2.05) is 19.9 Å². The molecule has 2 heteroatoms. The van der Waals surface area contributed by atoms with E-state index in [0.717, 1.165) is 12.2 Å². The van der Waals surface area contributed by atoms with Crippen molar-refractivity contribution in [3.63, 3.8) is 0 Å². The van der Waals surface area contributed by atoms with E-state index in [9.17, 15) is 0 Å². The Morgan fingerprint density at radius 3 is 2.82 bits per heavy atom.